The fraction of sp³-hybridized carbons (Fsp3) is 0.611. The van der Waals surface area contributed by atoms with Crippen LogP contribution in [0, 0.1) is 0 Å². The summed E-state index contributed by atoms with van der Waals surface area (Å²) in [5.41, 5.74) is 1.14. The average molecular weight is 304 g/mol. The predicted octanol–water partition coefficient (Wildman–Crippen LogP) is 2.75. The van der Waals surface area contributed by atoms with E-state index in [-0.39, 0.29) is 24.1 Å². The van der Waals surface area contributed by atoms with Gasteiger partial charge in [0.2, 0.25) is 5.91 Å². The molecule has 4 heteroatoms. The summed E-state index contributed by atoms with van der Waals surface area (Å²) >= 11 is 0. The van der Waals surface area contributed by atoms with Crippen molar-refractivity contribution in [1.82, 2.24) is 10.2 Å². The van der Waals surface area contributed by atoms with Crippen LogP contribution in [0.4, 0.5) is 0 Å². The highest BCUT2D eigenvalue weighted by Gasteiger charge is 2.36. The largest absolute Gasteiger partial charge is 0.369 e. The number of nitrogens with zero attached hydrogens (tertiary/aromatic N) is 1. The maximum absolute atomic E-state index is 12.6. The van der Waals surface area contributed by atoms with Gasteiger partial charge in [-0.1, -0.05) is 44.2 Å². The lowest BCUT2D eigenvalue weighted by molar-refractivity contribution is -0.153. The van der Waals surface area contributed by atoms with Crippen molar-refractivity contribution in [2.75, 3.05) is 13.2 Å². The van der Waals surface area contributed by atoms with Gasteiger partial charge in [-0.15, -0.1) is 0 Å². The van der Waals surface area contributed by atoms with Gasteiger partial charge in [0.1, 0.15) is 6.10 Å². The van der Waals surface area contributed by atoms with Gasteiger partial charge in [0.05, 0.1) is 18.7 Å². The Kier molecular flexibility index (Phi) is 5.98. The molecule has 0 radical (unpaired) electrons. The maximum Gasteiger partial charge on any atom is 0.224 e. The molecule has 3 atom stereocenters. The van der Waals surface area contributed by atoms with E-state index in [0.29, 0.717) is 19.1 Å². The Bertz CT molecular complexity index is 475. The third kappa shape index (κ3) is 4.08. The second kappa shape index (κ2) is 7.75. The van der Waals surface area contributed by atoms with Crippen LogP contribution in [-0.4, -0.2) is 42.1 Å². The maximum atomic E-state index is 12.6. The lowest BCUT2D eigenvalue weighted by Gasteiger charge is -2.44. The summed E-state index contributed by atoms with van der Waals surface area (Å²) in [6, 6.07) is 10.8. The fourth-order valence-electron chi connectivity index (χ4n) is 3.10. The zero-order valence-electron chi connectivity index (χ0n) is 14.1. The Morgan fingerprint density at radius 3 is 2.64 bits per heavy atom. The molecule has 22 heavy (non-hydrogen) atoms. The monoisotopic (exact) mass is 304 g/mol. The Balaban J connectivity index is 2.04. The summed E-state index contributed by atoms with van der Waals surface area (Å²) in [4.78, 5) is 14.6. The van der Waals surface area contributed by atoms with Gasteiger partial charge in [-0.2, -0.15) is 0 Å². The topological polar surface area (TPSA) is 41.6 Å². The highest BCUT2D eigenvalue weighted by atomic mass is 16.5. The molecule has 0 spiro atoms. The minimum atomic E-state index is -0.0422. The first-order valence-corrected chi connectivity index (χ1v) is 8.21. The summed E-state index contributed by atoms with van der Waals surface area (Å²) in [5, 5.41) is 3.31. The molecule has 3 unspecified atom stereocenters. The first kappa shape index (κ1) is 17.0. The lowest BCUT2D eigenvalue weighted by Crippen LogP contribution is -2.54. The molecule has 1 N–H and O–H groups in total. The van der Waals surface area contributed by atoms with Crippen LogP contribution < -0.4 is 5.32 Å². The number of rotatable bonds is 5. The first-order valence-electron chi connectivity index (χ1n) is 8.21. The lowest BCUT2D eigenvalue weighted by atomic mass is 9.98. The summed E-state index contributed by atoms with van der Waals surface area (Å²) in [6.07, 6.45) is 0.494. The summed E-state index contributed by atoms with van der Waals surface area (Å²) in [7, 11) is 0. The molecular weight excluding hydrogens is 276 g/mol. The van der Waals surface area contributed by atoms with E-state index in [0.717, 1.165) is 12.1 Å². The second-order valence-corrected chi connectivity index (χ2v) is 6.41. The van der Waals surface area contributed by atoms with Gasteiger partial charge < -0.3 is 15.0 Å². The summed E-state index contributed by atoms with van der Waals surface area (Å²) in [6.45, 7) is 9.65. The Hall–Kier alpha value is -1.39. The molecule has 1 amide bonds. The molecule has 1 aliphatic rings. The van der Waals surface area contributed by atoms with Crippen LogP contribution in [0.5, 0.6) is 0 Å². The number of ether oxygens (including phenoxy) is 1. The molecule has 1 saturated heterocycles. The van der Waals surface area contributed by atoms with E-state index in [1.807, 2.05) is 23.1 Å². The Morgan fingerprint density at radius 2 is 2.00 bits per heavy atom. The third-order valence-corrected chi connectivity index (χ3v) is 4.18. The van der Waals surface area contributed by atoms with E-state index in [1.165, 1.54) is 0 Å². The SMILES string of the molecule is CC(C)NCCC(=O)N1C(C)COC(c2ccccc2)C1C. The smallest absolute Gasteiger partial charge is 0.224 e. The van der Waals surface area contributed by atoms with E-state index < -0.39 is 0 Å². The molecular formula is C18H28N2O2. The van der Waals surface area contributed by atoms with E-state index in [4.69, 9.17) is 4.74 Å². The van der Waals surface area contributed by atoms with Crippen molar-refractivity contribution in [2.45, 2.75) is 58.3 Å². The van der Waals surface area contributed by atoms with Crippen LogP contribution in [-0.2, 0) is 9.53 Å². The third-order valence-electron chi connectivity index (χ3n) is 4.18. The van der Waals surface area contributed by atoms with Gasteiger partial charge in [0.25, 0.3) is 0 Å². The van der Waals surface area contributed by atoms with E-state index in [9.17, 15) is 4.79 Å². The number of hydrogen-bond acceptors (Lipinski definition) is 3. The second-order valence-electron chi connectivity index (χ2n) is 6.41. The van der Waals surface area contributed by atoms with Crippen LogP contribution in [0.3, 0.4) is 0 Å². The van der Waals surface area contributed by atoms with Gasteiger partial charge in [0, 0.05) is 19.0 Å². The standard InChI is InChI=1S/C18H28N2O2/c1-13(2)19-11-10-17(21)20-14(3)12-22-18(15(20)4)16-8-6-5-7-9-16/h5-9,13-15,18-19H,10-12H2,1-4H3. The molecule has 0 aromatic heterocycles. The van der Waals surface area contributed by atoms with Crippen LogP contribution in [0.1, 0.15) is 45.8 Å². The van der Waals surface area contributed by atoms with Crippen molar-refractivity contribution in [2.24, 2.45) is 0 Å². The van der Waals surface area contributed by atoms with Crippen molar-refractivity contribution >= 4 is 5.91 Å². The summed E-state index contributed by atoms with van der Waals surface area (Å²) < 4.78 is 6.00. The van der Waals surface area contributed by atoms with Crippen LogP contribution >= 0.6 is 0 Å². The van der Waals surface area contributed by atoms with Gasteiger partial charge in [-0.3, -0.25) is 4.79 Å². The van der Waals surface area contributed by atoms with Gasteiger partial charge in [-0.25, -0.2) is 0 Å². The number of carbonyl (C=O) groups is 1. The number of carbonyl (C=O) groups excluding carboxylic acids is 1. The number of morpholine rings is 1. The highest BCUT2D eigenvalue weighted by Crippen LogP contribution is 2.31. The van der Waals surface area contributed by atoms with Crippen LogP contribution in [0.15, 0.2) is 30.3 Å². The molecule has 122 valence electrons. The molecule has 1 aromatic rings. The number of hydrogen-bond donors (Lipinski definition) is 1. The van der Waals surface area contributed by atoms with Crippen LogP contribution in [0.25, 0.3) is 0 Å². The number of benzene rings is 1. The predicted molar refractivity (Wildman–Crippen MR) is 88.7 cm³/mol. The molecule has 1 heterocycles. The minimum absolute atomic E-state index is 0.0422. The molecule has 0 aliphatic carbocycles. The van der Waals surface area contributed by atoms with E-state index in [1.54, 1.807) is 0 Å². The van der Waals surface area contributed by atoms with Crippen molar-refractivity contribution in [3.63, 3.8) is 0 Å². The quantitative estimate of drug-likeness (QED) is 0.909. The van der Waals surface area contributed by atoms with Crippen molar-refractivity contribution in [3.05, 3.63) is 35.9 Å². The molecule has 1 fully saturated rings. The molecule has 4 nitrogen and oxygen atoms in total. The first-order chi connectivity index (χ1) is 10.5. The Morgan fingerprint density at radius 1 is 1.32 bits per heavy atom. The van der Waals surface area contributed by atoms with Crippen molar-refractivity contribution < 1.29 is 9.53 Å². The number of amides is 1. The zero-order chi connectivity index (χ0) is 16.1. The zero-order valence-corrected chi connectivity index (χ0v) is 14.1. The molecule has 2 rings (SSSR count). The van der Waals surface area contributed by atoms with Gasteiger partial charge in [0.15, 0.2) is 0 Å². The van der Waals surface area contributed by atoms with Crippen molar-refractivity contribution in [3.8, 4) is 0 Å². The average Bonchev–Trinajstić information content (AvgIpc) is 2.48. The van der Waals surface area contributed by atoms with Crippen LogP contribution in [0.2, 0.25) is 0 Å². The van der Waals surface area contributed by atoms with Crippen molar-refractivity contribution in [1.29, 1.82) is 0 Å². The highest BCUT2D eigenvalue weighted by molar-refractivity contribution is 5.77. The molecule has 0 saturated carbocycles. The van der Waals surface area contributed by atoms with E-state index in [2.05, 4.69) is 45.1 Å². The van der Waals surface area contributed by atoms with Gasteiger partial charge >= 0.3 is 0 Å². The normalized spacial score (nSPS) is 25.5. The van der Waals surface area contributed by atoms with E-state index >= 15 is 0 Å². The molecule has 1 aromatic carbocycles. The van der Waals surface area contributed by atoms with Gasteiger partial charge in [-0.05, 0) is 19.4 Å². The summed E-state index contributed by atoms with van der Waals surface area (Å²) in [5.74, 6) is 0.206. The molecule has 1 aliphatic heterocycles. The fourth-order valence-corrected chi connectivity index (χ4v) is 3.10. The Labute approximate surface area is 133 Å². The minimum Gasteiger partial charge on any atom is -0.369 e. The molecule has 0 bridgehead atoms. The number of nitrogens with one attached hydrogen (secondary N) is 1.